The van der Waals surface area contributed by atoms with Crippen molar-refractivity contribution in [1.29, 1.82) is 0 Å². The molecule has 2 N–H and O–H groups in total. The largest absolute Gasteiger partial charge is 0.427 e. The summed E-state index contributed by atoms with van der Waals surface area (Å²) in [6, 6.07) is 0.00463. The van der Waals surface area contributed by atoms with Gasteiger partial charge in [0, 0.05) is 8.48 Å². The van der Waals surface area contributed by atoms with Crippen molar-refractivity contribution in [3.05, 3.63) is 0 Å². The molecule has 0 aromatic heterocycles. The third kappa shape index (κ3) is 6.14. The van der Waals surface area contributed by atoms with Gasteiger partial charge in [0.1, 0.15) is 0 Å². The maximum absolute atomic E-state index is 7.23. The first-order chi connectivity index (χ1) is 3.81. The minimum atomic E-state index is -0.578. The molecule has 0 aliphatic carbocycles. The molecule has 0 rings (SSSR count). The Hall–Kier alpha value is 0.137. The Labute approximate surface area is 48.4 Å². The van der Waals surface area contributed by atoms with Gasteiger partial charge in [0.25, 0.3) is 0 Å². The standard InChI is InChI=1S/C4H13NOSi/c1-6-7-4-2-3-5/h2-5,7H2,1H3/i4T. The zero-order valence-corrected chi connectivity index (χ0v) is 6.10. The third-order valence-electron chi connectivity index (χ3n) is 0.655. The summed E-state index contributed by atoms with van der Waals surface area (Å²) in [5, 5.41) is 0. The van der Waals surface area contributed by atoms with Crippen molar-refractivity contribution in [2.45, 2.75) is 12.4 Å². The monoisotopic (exact) mass is 121 g/mol. The minimum Gasteiger partial charge on any atom is -0.427 e. The smallest absolute Gasteiger partial charge is 0.161 e. The van der Waals surface area contributed by atoms with Gasteiger partial charge < -0.3 is 10.2 Å². The molecule has 0 aliphatic rings. The fourth-order valence-corrected chi connectivity index (χ4v) is 0.957. The Balaban J connectivity index is 2.92. The molecule has 0 aromatic rings. The zero-order valence-electron chi connectivity index (χ0n) is 5.68. The maximum Gasteiger partial charge on any atom is 0.161 e. The van der Waals surface area contributed by atoms with Crippen LogP contribution in [0.5, 0.6) is 0 Å². The van der Waals surface area contributed by atoms with Crippen LogP contribution in [0.3, 0.4) is 0 Å². The fourth-order valence-electron chi connectivity index (χ4n) is 0.319. The summed E-state index contributed by atoms with van der Waals surface area (Å²) < 4.78 is 12.1. The summed E-state index contributed by atoms with van der Waals surface area (Å²) in [5.41, 5.74) is 5.21. The van der Waals surface area contributed by atoms with Gasteiger partial charge in [-0.2, -0.15) is 0 Å². The van der Waals surface area contributed by atoms with Crippen LogP contribution in [0.2, 0.25) is 6.02 Å². The van der Waals surface area contributed by atoms with E-state index >= 15 is 0 Å². The van der Waals surface area contributed by atoms with Gasteiger partial charge in [0.05, 0.1) is 0 Å². The van der Waals surface area contributed by atoms with Crippen LogP contribution in [-0.4, -0.2) is 23.4 Å². The van der Waals surface area contributed by atoms with Crippen LogP contribution in [0.4, 0.5) is 0 Å². The predicted octanol–water partition coefficient (Wildman–Crippen LogP) is -0.516. The summed E-state index contributed by atoms with van der Waals surface area (Å²) in [4.78, 5) is 0. The lowest BCUT2D eigenvalue weighted by Crippen LogP contribution is -2.01. The first-order valence-corrected chi connectivity index (χ1v) is 3.82. The SMILES string of the molecule is [3H]C(CCN)[SiH2]OC. The molecule has 0 fully saturated rings. The van der Waals surface area contributed by atoms with E-state index in [1.54, 1.807) is 7.11 Å². The van der Waals surface area contributed by atoms with Crippen molar-refractivity contribution in [1.82, 2.24) is 0 Å². The quantitative estimate of drug-likeness (QED) is 0.508. The number of hydrogen-bond donors (Lipinski definition) is 1. The molecule has 1 unspecified atom stereocenters. The molecule has 3 heteroatoms. The van der Waals surface area contributed by atoms with Crippen LogP contribution in [0.1, 0.15) is 7.79 Å². The van der Waals surface area contributed by atoms with E-state index in [2.05, 4.69) is 0 Å². The van der Waals surface area contributed by atoms with Gasteiger partial charge in [0.15, 0.2) is 9.76 Å². The van der Waals surface area contributed by atoms with Gasteiger partial charge in [0.2, 0.25) is 0 Å². The van der Waals surface area contributed by atoms with E-state index < -0.39 is 9.76 Å². The molecule has 0 saturated carbocycles. The van der Waals surface area contributed by atoms with E-state index in [9.17, 15) is 0 Å². The van der Waals surface area contributed by atoms with E-state index in [4.69, 9.17) is 11.5 Å². The lowest BCUT2D eigenvalue weighted by Gasteiger charge is -1.91. The van der Waals surface area contributed by atoms with Crippen molar-refractivity contribution < 1.29 is 5.80 Å². The number of nitrogens with two attached hydrogens (primary N) is 1. The Kier molecular flexibility index (Phi) is 4.63. The molecule has 0 amide bonds. The van der Waals surface area contributed by atoms with Crippen LogP contribution in [-0.2, 0) is 4.43 Å². The van der Waals surface area contributed by atoms with Crippen molar-refractivity contribution in [2.24, 2.45) is 5.73 Å². The molecule has 0 spiro atoms. The van der Waals surface area contributed by atoms with Crippen LogP contribution in [0.25, 0.3) is 0 Å². The lowest BCUT2D eigenvalue weighted by molar-refractivity contribution is 0.440. The molecule has 2 nitrogen and oxygen atoms in total. The van der Waals surface area contributed by atoms with Crippen molar-refractivity contribution in [3.8, 4) is 0 Å². The molecule has 0 saturated heterocycles. The topological polar surface area (TPSA) is 35.2 Å². The van der Waals surface area contributed by atoms with E-state index in [0.717, 1.165) is 6.42 Å². The normalized spacial score (nSPS) is 17.7. The Morgan fingerprint density at radius 1 is 2.00 bits per heavy atom. The highest BCUT2D eigenvalue weighted by Gasteiger charge is 1.81. The van der Waals surface area contributed by atoms with Gasteiger partial charge in [-0.05, 0) is 19.0 Å². The van der Waals surface area contributed by atoms with Gasteiger partial charge >= 0.3 is 0 Å². The second-order valence-electron chi connectivity index (χ2n) is 1.32. The van der Waals surface area contributed by atoms with Crippen LogP contribution < -0.4 is 5.73 Å². The molecule has 0 bridgehead atoms. The molecule has 0 aromatic carbocycles. The minimum absolute atomic E-state index is 0.00463. The van der Waals surface area contributed by atoms with E-state index in [1.165, 1.54) is 0 Å². The van der Waals surface area contributed by atoms with Gasteiger partial charge in [-0.3, -0.25) is 0 Å². The molecule has 1 atom stereocenters. The first kappa shape index (κ1) is 5.28. The third-order valence-corrected chi connectivity index (χ3v) is 1.63. The van der Waals surface area contributed by atoms with E-state index in [-0.39, 0.29) is 6.02 Å². The van der Waals surface area contributed by atoms with Crippen LogP contribution in [0, 0.1) is 0 Å². The number of rotatable bonds is 4. The second-order valence-corrected chi connectivity index (χ2v) is 2.81. The van der Waals surface area contributed by atoms with Crippen molar-refractivity contribution in [2.75, 3.05) is 13.7 Å². The molecule has 0 heterocycles. The van der Waals surface area contributed by atoms with E-state index in [1.807, 2.05) is 0 Å². The summed E-state index contributed by atoms with van der Waals surface area (Å²) >= 11 is 0. The summed E-state index contributed by atoms with van der Waals surface area (Å²) in [5.74, 6) is 0. The Bertz CT molecular complexity index is 49.3. The molecule has 7 heavy (non-hydrogen) atoms. The van der Waals surface area contributed by atoms with Crippen molar-refractivity contribution in [3.63, 3.8) is 0 Å². The molecular weight excluding hydrogens is 106 g/mol. The van der Waals surface area contributed by atoms with Crippen LogP contribution in [0.15, 0.2) is 0 Å². The zero-order chi connectivity index (χ0) is 6.41. The summed E-state index contributed by atoms with van der Waals surface area (Å²) in [6.07, 6.45) is 0.792. The van der Waals surface area contributed by atoms with E-state index in [0.29, 0.717) is 6.54 Å². The molecular formula is C4H13NOSi. The maximum atomic E-state index is 7.23. The summed E-state index contributed by atoms with van der Waals surface area (Å²) in [6.45, 7) is 0.616. The van der Waals surface area contributed by atoms with Crippen molar-refractivity contribution >= 4 is 9.76 Å². The first-order valence-electron chi connectivity index (χ1n) is 3.00. The Morgan fingerprint density at radius 2 is 2.71 bits per heavy atom. The number of hydrogen-bond acceptors (Lipinski definition) is 2. The highest BCUT2D eigenvalue weighted by atomic mass is 28.2. The predicted molar refractivity (Wildman–Crippen MR) is 34.0 cm³/mol. The fraction of sp³-hybridized carbons (Fsp3) is 1.00. The average molecular weight is 121 g/mol. The van der Waals surface area contributed by atoms with Gasteiger partial charge in [-0.15, -0.1) is 0 Å². The van der Waals surface area contributed by atoms with Crippen LogP contribution >= 0.6 is 0 Å². The highest BCUT2D eigenvalue weighted by molar-refractivity contribution is 6.26. The highest BCUT2D eigenvalue weighted by Crippen LogP contribution is 1.82. The Morgan fingerprint density at radius 3 is 3.14 bits per heavy atom. The summed E-state index contributed by atoms with van der Waals surface area (Å²) in [7, 11) is 1.08. The van der Waals surface area contributed by atoms with Gasteiger partial charge in [-0.1, -0.05) is 0 Å². The second kappa shape index (κ2) is 6.14. The lowest BCUT2D eigenvalue weighted by atomic mass is 10.5. The average Bonchev–Trinajstić information content (AvgIpc) is 1.68. The molecule has 0 radical (unpaired) electrons. The molecule has 44 valence electrons. The molecule has 0 aliphatic heterocycles. The van der Waals surface area contributed by atoms with Gasteiger partial charge in [-0.25, -0.2) is 0 Å².